The average Bonchev–Trinajstić information content (AvgIpc) is 2.71. The summed E-state index contributed by atoms with van der Waals surface area (Å²) in [5.41, 5.74) is 2.35. The largest absolute Gasteiger partial charge is 0.343 e. The van der Waals surface area contributed by atoms with Gasteiger partial charge in [0, 0.05) is 30.2 Å². The molecule has 2 heterocycles. The molecule has 1 aliphatic carbocycles. The minimum atomic E-state index is -0.135. The summed E-state index contributed by atoms with van der Waals surface area (Å²) in [5.74, 6) is 0.982. The van der Waals surface area contributed by atoms with Crippen LogP contribution in [0.3, 0.4) is 0 Å². The van der Waals surface area contributed by atoms with Crippen molar-refractivity contribution in [2.75, 3.05) is 6.54 Å². The molecule has 1 spiro atoms. The van der Waals surface area contributed by atoms with E-state index in [1.165, 1.54) is 18.4 Å². The Balaban J connectivity index is 2.07. The van der Waals surface area contributed by atoms with Gasteiger partial charge in [0.05, 0.1) is 0 Å². The smallest absolute Gasteiger partial charge is 0.270 e. The Morgan fingerprint density at radius 2 is 1.70 bits per heavy atom. The molecule has 0 aromatic carbocycles. The van der Waals surface area contributed by atoms with Crippen LogP contribution in [0.25, 0.3) is 0 Å². The molecule has 0 unspecified atom stereocenters. The molecule has 0 atom stereocenters. The fourth-order valence-corrected chi connectivity index (χ4v) is 4.41. The van der Waals surface area contributed by atoms with Crippen molar-refractivity contribution in [1.29, 1.82) is 0 Å². The highest BCUT2D eigenvalue weighted by Gasteiger charge is 2.48. The molecule has 1 saturated carbocycles. The molecule has 1 fully saturated rings. The number of amides is 1. The minimum Gasteiger partial charge on any atom is -0.343 e. The van der Waals surface area contributed by atoms with Gasteiger partial charge >= 0.3 is 0 Å². The first-order chi connectivity index (χ1) is 10.4. The van der Waals surface area contributed by atoms with Gasteiger partial charge in [-0.05, 0) is 56.6 Å². The van der Waals surface area contributed by atoms with E-state index in [1.807, 2.05) is 0 Å². The minimum absolute atomic E-state index is 0.0755. The molecule has 3 heteroatoms. The van der Waals surface area contributed by atoms with Gasteiger partial charge in [-0.15, -0.1) is 0 Å². The zero-order valence-corrected chi connectivity index (χ0v) is 15.9. The molecule has 128 valence electrons. The fraction of sp³-hybridized carbons (Fsp3) is 0.750. The van der Waals surface area contributed by atoms with Crippen molar-refractivity contribution in [3.05, 3.63) is 23.5 Å². The van der Waals surface area contributed by atoms with Crippen LogP contribution in [0.5, 0.6) is 0 Å². The van der Waals surface area contributed by atoms with Gasteiger partial charge in [0.15, 0.2) is 0 Å². The van der Waals surface area contributed by atoms with Gasteiger partial charge in [0.2, 0.25) is 0 Å². The van der Waals surface area contributed by atoms with E-state index in [9.17, 15) is 4.79 Å². The second kappa shape index (κ2) is 4.87. The molecular weight excluding hydrogens is 284 g/mol. The van der Waals surface area contributed by atoms with Crippen LogP contribution in [0.2, 0.25) is 0 Å². The maximum Gasteiger partial charge on any atom is 0.270 e. The third-order valence-corrected chi connectivity index (χ3v) is 5.60. The van der Waals surface area contributed by atoms with E-state index < -0.39 is 0 Å². The summed E-state index contributed by atoms with van der Waals surface area (Å²) in [7, 11) is 0. The lowest BCUT2D eigenvalue weighted by Gasteiger charge is -2.50. The molecule has 0 saturated heterocycles. The Kier molecular flexibility index (Phi) is 3.52. The summed E-state index contributed by atoms with van der Waals surface area (Å²) in [6, 6.07) is 2.13. The van der Waals surface area contributed by atoms with Gasteiger partial charge < -0.3 is 9.47 Å². The molecule has 2 aliphatic rings. The number of carbonyl (C=O) groups excluding carboxylic acids is 1. The number of rotatable bonds is 0. The first kappa shape index (κ1) is 16.6. The molecule has 0 bridgehead atoms. The van der Waals surface area contributed by atoms with Crippen LogP contribution >= 0.6 is 0 Å². The topological polar surface area (TPSA) is 25.2 Å². The first-order valence-electron chi connectivity index (χ1n) is 8.94. The van der Waals surface area contributed by atoms with Gasteiger partial charge in [0.1, 0.15) is 5.69 Å². The standard InChI is InChI=1S/C20H32N2O/c1-14-9-20(10-14)12-21-11-15(18(2,3)4)8-16(21)17(23)22(13-20)19(5,6)7/h8,11,14H,9-10,12-13H2,1-7H3. The second-order valence-electron chi connectivity index (χ2n) is 10.1. The zero-order valence-electron chi connectivity index (χ0n) is 15.9. The number of hydrogen-bond donors (Lipinski definition) is 0. The van der Waals surface area contributed by atoms with Crippen molar-refractivity contribution < 1.29 is 4.79 Å². The van der Waals surface area contributed by atoms with E-state index in [-0.39, 0.29) is 22.3 Å². The van der Waals surface area contributed by atoms with Crippen LogP contribution in [-0.2, 0) is 12.0 Å². The van der Waals surface area contributed by atoms with E-state index in [4.69, 9.17) is 0 Å². The fourth-order valence-electron chi connectivity index (χ4n) is 4.41. The van der Waals surface area contributed by atoms with Gasteiger partial charge in [-0.3, -0.25) is 4.79 Å². The van der Waals surface area contributed by atoms with E-state index in [0.29, 0.717) is 0 Å². The summed E-state index contributed by atoms with van der Waals surface area (Å²) >= 11 is 0. The predicted octanol–water partition coefficient (Wildman–Crippen LogP) is 4.46. The van der Waals surface area contributed by atoms with E-state index in [2.05, 4.69) is 70.2 Å². The van der Waals surface area contributed by atoms with Crippen molar-refractivity contribution in [2.24, 2.45) is 11.3 Å². The first-order valence-corrected chi connectivity index (χ1v) is 8.94. The lowest BCUT2D eigenvalue weighted by atomic mass is 9.62. The molecular formula is C20H32N2O. The Morgan fingerprint density at radius 3 is 2.17 bits per heavy atom. The number of aromatic nitrogens is 1. The van der Waals surface area contributed by atoms with Crippen LogP contribution in [0.1, 0.15) is 77.4 Å². The Morgan fingerprint density at radius 1 is 1.09 bits per heavy atom. The van der Waals surface area contributed by atoms with Gasteiger partial charge in [-0.2, -0.15) is 0 Å². The van der Waals surface area contributed by atoms with Crippen LogP contribution < -0.4 is 0 Å². The summed E-state index contributed by atoms with van der Waals surface area (Å²) in [6.07, 6.45) is 4.69. The monoisotopic (exact) mass is 316 g/mol. The predicted molar refractivity (Wildman–Crippen MR) is 94.8 cm³/mol. The average molecular weight is 316 g/mol. The summed E-state index contributed by atoms with van der Waals surface area (Å²) in [4.78, 5) is 15.4. The molecule has 1 aliphatic heterocycles. The highest BCUT2D eigenvalue weighted by Crippen LogP contribution is 2.49. The zero-order chi connectivity index (χ0) is 17.2. The molecule has 1 aromatic rings. The molecule has 23 heavy (non-hydrogen) atoms. The molecule has 0 N–H and O–H groups in total. The summed E-state index contributed by atoms with van der Waals surface area (Å²) < 4.78 is 2.25. The summed E-state index contributed by atoms with van der Waals surface area (Å²) in [5, 5.41) is 0. The number of fused-ring (bicyclic) bond motifs is 1. The van der Waals surface area contributed by atoms with Crippen molar-refractivity contribution in [2.45, 2.75) is 78.8 Å². The molecule has 3 rings (SSSR count). The second-order valence-corrected chi connectivity index (χ2v) is 10.1. The van der Waals surface area contributed by atoms with Crippen molar-refractivity contribution in [3.63, 3.8) is 0 Å². The van der Waals surface area contributed by atoms with E-state index in [0.717, 1.165) is 24.7 Å². The van der Waals surface area contributed by atoms with Crippen LogP contribution in [-0.4, -0.2) is 27.5 Å². The van der Waals surface area contributed by atoms with Gasteiger partial charge in [0.25, 0.3) is 5.91 Å². The third kappa shape index (κ3) is 2.83. The van der Waals surface area contributed by atoms with Crippen molar-refractivity contribution in [3.8, 4) is 0 Å². The number of hydrogen-bond acceptors (Lipinski definition) is 1. The van der Waals surface area contributed by atoms with E-state index >= 15 is 0 Å². The molecule has 3 nitrogen and oxygen atoms in total. The highest BCUT2D eigenvalue weighted by atomic mass is 16.2. The lowest BCUT2D eigenvalue weighted by Crippen LogP contribution is -2.53. The van der Waals surface area contributed by atoms with Crippen molar-refractivity contribution >= 4 is 5.91 Å². The maximum atomic E-state index is 13.2. The van der Waals surface area contributed by atoms with E-state index in [1.54, 1.807) is 0 Å². The van der Waals surface area contributed by atoms with Crippen molar-refractivity contribution in [1.82, 2.24) is 9.47 Å². The van der Waals surface area contributed by atoms with Crippen LogP contribution in [0.15, 0.2) is 12.3 Å². The number of carbonyl (C=O) groups is 1. The molecule has 0 radical (unpaired) electrons. The Labute approximate surface area is 141 Å². The normalized spacial score (nSPS) is 28.6. The van der Waals surface area contributed by atoms with Crippen LogP contribution in [0, 0.1) is 11.3 Å². The molecule has 1 amide bonds. The Bertz CT molecular complexity index is 621. The van der Waals surface area contributed by atoms with Crippen LogP contribution in [0.4, 0.5) is 0 Å². The SMILES string of the molecule is CC1CC2(C1)CN(C(C)(C)C)C(=O)c1cc(C(C)(C)C)cn1C2. The van der Waals surface area contributed by atoms with Gasteiger partial charge in [-0.25, -0.2) is 0 Å². The lowest BCUT2D eigenvalue weighted by molar-refractivity contribution is -0.00685. The van der Waals surface area contributed by atoms with Gasteiger partial charge in [-0.1, -0.05) is 27.7 Å². The number of nitrogens with zero attached hydrogens (tertiary/aromatic N) is 2. The molecule has 1 aromatic heterocycles. The highest BCUT2D eigenvalue weighted by molar-refractivity contribution is 5.94. The third-order valence-electron chi connectivity index (χ3n) is 5.60. The quantitative estimate of drug-likeness (QED) is 0.694. The summed E-state index contributed by atoms with van der Waals surface area (Å²) in [6.45, 7) is 17.3. The maximum absolute atomic E-state index is 13.2. The Hall–Kier alpha value is -1.25.